The molecule has 0 heterocycles. The largest absolute Gasteiger partial charge is 0.354 e. The van der Waals surface area contributed by atoms with E-state index in [0.29, 0.717) is 22.3 Å². The molecule has 1 aromatic carbocycles. The number of halogens is 3. The number of carbonyl (C=O) groups is 1. The molecule has 108 valence electrons. The van der Waals surface area contributed by atoms with Gasteiger partial charge in [-0.15, -0.1) is 24.2 Å². The molecule has 1 aromatic rings. The van der Waals surface area contributed by atoms with Gasteiger partial charge >= 0.3 is 0 Å². The third-order valence-corrected chi connectivity index (χ3v) is 3.86. The Bertz CT molecular complexity index is 405. The summed E-state index contributed by atoms with van der Waals surface area (Å²) in [6.45, 7) is 4.35. The number of benzene rings is 1. The Morgan fingerprint density at radius 2 is 2.05 bits per heavy atom. The van der Waals surface area contributed by atoms with Gasteiger partial charge in [-0.25, -0.2) is 0 Å². The summed E-state index contributed by atoms with van der Waals surface area (Å²) in [4.78, 5) is 12.4. The fourth-order valence-corrected chi connectivity index (χ4v) is 2.57. The fourth-order valence-electron chi connectivity index (χ4n) is 1.25. The summed E-state index contributed by atoms with van der Waals surface area (Å²) in [5, 5.41) is 7.19. The minimum Gasteiger partial charge on any atom is -0.354 e. The van der Waals surface area contributed by atoms with Gasteiger partial charge in [-0.2, -0.15) is 0 Å². The van der Waals surface area contributed by atoms with Crippen LogP contribution in [0.3, 0.4) is 0 Å². The van der Waals surface area contributed by atoms with E-state index >= 15 is 0 Å². The van der Waals surface area contributed by atoms with Gasteiger partial charge < -0.3 is 10.6 Å². The van der Waals surface area contributed by atoms with Crippen molar-refractivity contribution in [2.75, 3.05) is 25.4 Å². The topological polar surface area (TPSA) is 41.1 Å². The van der Waals surface area contributed by atoms with Crippen LogP contribution in [0, 0.1) is 0 Å². The van der Waals surface area contributed by atoms with Crippen molar-refractivity contribution in [3.63, 3.8) is 0 Å². The van der Waals surface area contributed by atoms with Crippen molar-refractivity contribution in [2.45, 2.75) is 11.8 Å². The van der Waals surface area contributed by atoms with Gasteiger partial charge in [0.25, 0.3) is 0 Å². The van der Waals surface area contributed by atoms with Crippen molar-refractivity contribution in [1.82, 2.24) is 10.6 Å². The van der Waals surface area contributed by atoms with Crippen LogP contribution in [0.2, 0.25) is 10.0 Å². The number of rotatable bonds is 7. The van der Waals surface area contributed by atoms with E-state index in [4.69, 9.17) is 23.2 Å². The zero-order chi connectivity index (χ0) is 13.4. The molecule has 0 atom stereocenters. The Morgan fingerprint density at radius 1 is 1.32 bits per heavy atom. The smallest absolute Gasteiger partial charge is 0.230 e. The lowest BCUT2D eigenvalue weighted by Gasteiger charge is -2.06. The van der Waals surface area contributed by atoms with Crippen LogP contribution in [-0.2, 0) is 4.79 Å². The number of hydrogen-bond donors (Lipinski definition) is 2. The average Bonchev–Trinajstić information content (AvgIpc) is 2.36. The van der Waals surface area contributed by atoms with Crippen molar-refractivity contribution < 1.29 is 4.79 Å². The summed E-state index contributed by atoms with van der Waals surface area (Å²) in [5.74, 6) is 0.334. The van der Waals surface area contributed by atoms with Crippen molar-refractivity contribution >= 4 is 53.3 Å². The Balaban J connectivity index is 0.00000324. The Hall–Kier alpha value is -0.130. The molecule has 7 heteroatoms. The maximum absolute atomic E-state index is 11.5. The second-order valence-corrected chi connectivity index (χ2v) is 5.43. The lowest BCUT2D eigenvalue weighted by atomic mass is 10.4. The molecule has 0 aliphatic carbocycles. The Morgan fingerprint density at radius 3 is 2.74 bits per heavy atom. The highest BCUT2D eigenvalue weighted by Gasteiger charge is 2.06. The molecule has 1 amide bonds. The zero-order valence-corrected chi connectivity index (χ0v) is 13.7. The molecule has 0 saturated heterocycles. The summed E-state index contributed by atoms with van der Waals surface area (Å²) in [6, 6.07) is 5.22. The van der Waals surface area contributed by atoms with E-state index in [1.807, 2.05) is 6.92 Å². The number of hydrogen-bond acceptors (Lipinski definition) is 3. The van der Waals surface area contributed by atoms with Gasteiger partial charge in [-0.1, -0.05) is 30.1 Å². The first-order valence-corrected chi connectivity index (χ1v) is 7.43. The van der Waals surface area contributed by atoms with E-state index < -0.39 is 0 Å². The molecular weight excluding hydrogens is 327 g/mol. The second-order valence-electron chi connectivity index (χ2n) is 3.57. The van der Waals surface area contributed by atoms with E-state index in [0.717, 1.165) is 18.0 Å². The van der Waals surface area contributed by atoms with E-state index in [2.05, 4.69) is 10.6 Å². The van der Waals surface area contributed by atoms with E-state index in [9.17, 15) is 4.79 Å². The van der Waals surface area contributed by atoms with Crippen molar-refractivity contribution in [2.24, 2.45) is 0 Å². The number of nitrogens with one attached hydrogen (secondary N) is 2. The summed E-state index contributed by atoms with van der Waals surface area (Å²) in [5.41, 5.74) is 0. The minimum absolute atomic E-state index is 0. The van der Waals surface area contributed by atoms with Gasteiger partial charge in [0.15, 0.2) is 0 Å². The Kier molecular flexibility index (Phi) is 10.6. The molecule has 0 aliphatic heterocycles. The molecule has 19 heavy (non-hydrogen) atoms. The number of thioether (sulfide) groups is 1. The highest BCUT2D eigenvalue weighted by atomic mass is 35.5. The molecule has 0 unspecified atom stereocenters. The average molecular weight is 344 g/mol. The summed E-state index contributed by atoms with van der Waals surface area (Å²) in [7, 11) is 0. The molecule has 1 rings (SSSR count). The van der Waals surface area contributed by atoms with Crippen LogP contribution in [0.25, 0.3) is 0 Å². The maximum Gasteiger partial charge on any atom is 0.230 e. The van der Waals surface area contributed by atoms with Gasteiger partial charge in [0, 0.05) is 23.0 Å². The van der Waals surface area contributed by atoms with Gasteiger partial charge in [-0.05, 0) is 24.7 Å². The minimum atomic E-state index is -0.00561. The van der Waals surface area contributed by atoms with Crippen LogP contribution < -0.4 is 10.6 Å². The molecule has 0 aliphatic rings. The van der Waals surface area contributed by atoms with Crippen molar-refractivity contribution in [3.05, 3.63) is 28.2 Å². The molecule has 3 nitrogen and oxygen atoms in total. The van der Waals surface area contributed by atoms with Crippen LogP contribution in [0.4, 0.5) is 0 Å². The first-order chi connectivity index (χ1) is 8.63. The fraction of sp³-hybridized carbons (Fsp3) is 0.417. The summed E-state index contributed by atoms with van der Waals surface area (Å²) < 4.78 is 0. The van der Waals surface area contributed by atoms with Crippen LogP contribution in [0.1, 0.15) is 6.92 Å². The zero-order valence-electron chi connectivity index (χ0n) is 10.5. The van der Waals surface area contributed by atoms with Crippen LogP contribution in [-0.4, -0.2) is 31.3 Å². The van der Waals surface area contributed by atoms with E-state index in [1.165, 1.54) is 11.8 Å². The highest BCUT2D eigenvalue weighted by Crippen LogP contribution is 2.29. The third kappa shape index (κ3) is 7.90. The predicted octanol–water partition coefficient (Wildman–Crippen LogP) is 3.23. The summed E-state index contributed by atoms with van der Waals surface area (Å²) in [6.07, 6.45) is 0. The van der Waals surface area contributed by atoms with Crippen molar-refractivity contribution in [3.8, 4) is 0 Å². The van der Waals surface area contributed by atoms with Gasteiger partial charge in [0.2, 0.25) is 5.91 Å². The lowest BCUT2D eigenvalue weighted by Crippen LogP contribution is -2.32. The Labute approximate surface area is 134 Å². The summed E-state index contributed by atoms with van der Waals surface area (Å²) >= 11 is 13.3. The first-order valence-electron chi connectivity index (χ1n) is 5.68. The molecule has 0 fully saturated rings. The van der Waals surface area contributed by atoms with Gasteiger partial charge in [-0.3, -0.25) is 4.79 Å². The quantitative estimate of drug-likeness (QED) is 0.590. The number of likely N-dealkylation sites (N-methyl/N-ethyl adjacent to an activating group) is 1. The molecular formula is C12H17Cl3N2OS. The standard InChI is InChI=1S/C12H16Cl2N2OS.ClH/c1-2-15-5-6-16-12(17)8-18-11-7-9(13)3-4-10(11)14;/h3-4,7,15H,2,5-6,8H2,1H3,(H,16,17);1H. The number of carbonyl (C=O) groups excluding carboxylic acids is 1. The van der Waals surface area contributed by atoms with Crippen LogP contribution in [0.5, 0.6) is 0 Å². The third-order valence-electron chi connectivity index (χ3n) is 2.13. The van der Waals surface area contributed by atoms with E-state index in [-0.39, 0.29) is 18.3 Å². The van der Waals surface area contributed by atoms with Crippen LogP contribution in [0.15, 0.2) is 23.1 Å². The predicted molar refractivity (Wildman–Crippen MR) is 86.0 cm³/mol. The molecule has 0 spiro atoms. The lowest BCUT2D eigenvalue weighted by molar-refractivity contribution is -0.118. The normalized spacial score (nSPS) is 9.84. The maximum atomic E-state index is 11.5. The van der Waals surface area contributed by atoms with Crippen molar-refractivity contribution in [1.29, 1.82) is 0 Å². The van der Waals surface area contributed by atoms with E-state index in [1.54, 1.807) is 18.2 Å². The van der Waals surface area contributed by atoms with Crippen LogP contribution >= 0.6 is 47.4 Å². The molecule has 0 saturated carbocycles. The van der Waals surface area contributed by atoms with Gasteiger partial charge in [0.1, 0.15) is 0 Å². The molecule has 0 radical (unpaired) electrons. The molecule has 0 bridgehead atoms. The number of amides is 1. The van der Waals surface area contributed by atoms with Gasteiger partial charge in [0.05, 0.1) is 10.8 Å². The first kappa shape index (κ1) is 18.9. The second kappa shape index (κ2) is 10.6. The SMILES string of the molecule is CCNCCNC(=O)CSc1cc(Cl)ccc1Cl.Cl. The molecule has 0 aromatic heterocycles. The highest BCUT2D eigenvalue weighted by molar-refractivity contribution is 8.00. The molecule has 2 N–H and O–H groups in total. The monoisotopic (exact) mass is 342 g/mol.